The van der Waals surface area contributed by atoms with E-state index in [1.807, 2.05) is 6.92 Å². The third-order valence-corrected chi connectivity index (χ3v) is 3.92. The number of imidazole rings is 1. The van der Waals surface area contributed by atoms with Gasteiger partial charge in [0.05, 0.1) is 16.4 Å². The third kappa shape index (κ3) is 2.51. The zero-order chi connectivity index (χ0) is 14.2. The van der Waals surface area contributed by atoms with Gasteiger partial charge in [0.1, 0.15) is 5.82 Å². The molecule has 19 heavy (non-hydrogen) atoms. The molecule has 0 amide bonds. The van der Waals surface area contributed by atoms with Crippen molar-refractivity contribution in [3.05, 3.63) is 29.6 Å². The Bertz CT molecular complexity index is 582. The minimum absolute atomic E-state index is 0.0358. The van der Waals surface area contributed by atoms with Crippen LogP contribution in [-0.2, 0) is 5.54 Å². The van der Waals surface area contributed by atoms with E-state index in [1.165, 1.54) is 11.1 Å². The second kappa shape index (κ2) is 5.16. The van der Waals surface area contributed by atoms with E-state index >= 15 is 0 Å². The van der Waals surface area contributed by atoms with Gasteiger partial charge in [-0.2, -0.15) is 0 Å². The lowest BCUT2D eigenvalue weighted by molar-refractivity contribution is 0.323. The van der Waals surface area contributed by atoms with Crippen molar-refractivity contribution >= 4 is 22.6 Å². The number of fused-ring (bicyclic) bond motifs is 1. The van der Waals surface area contributed by atoms with Crippen LogP contribution in [0.3, 0.4) is 0 Å². The molecule has 0 spiro atoms. The Kier molecular flexibility index (Phi) is 3.91. The fourth-order valence-corrected chi connectivity index (χ4v) is 3.06. The summed E-state index contributed by atoms with van der Waals surface area (Å²) in [5.74, 6) is 0.976. The van der Waals surface area contributed by atoms with E-state index < -0.39 is 0 Å². The standard InChI is InChI=1S/C16H23ClN2/c1-6-10-16(4,5)19-14-11(2)8-7-9-13(14)18-15(19)12(3)17/h7-9,12H,6,10H2,1-5H3. The van der Waals surface area contributed by atoms with Crippen molar-refractivity contribution in [2.24, 2.45) is 0 Å². The largest absolute Gasteiger partial charge is 0.321 e. The molecule has 2 nitrogen and oxygen atoms in total. The molecule has 0 saturated carbocycles. The maximum Gasteiger partial charge on any atom is 0.128 e. The lowest BCUT2D eigenvalue weighted by Crippen LogP contribution is -2.28. The molecule has 104 valence electrons. The van der Waals surface area contributed by atoms with Crippen molar-refractivity contribution in [1.29, 1.82) is 0 Å². The minimum Gasteiger partial charge on any atom is -0.321 e. The van der Waals surface area contributed by atoms with Crippen LogP contribution in [0.25, 0.3) is 11.0 Å². The van der Waals surface area contributed by atoms with Crippen molar-refractivity contribution in [2.45, 2.75) is 58.4 Å². The highest BCUT2D eigenvalue weighted by Gasteiger charge is 2.27. The van der Waals surface area contributed by atoms with E-state index in [-0.39, 0.29) is 10.9 Å². The van der Waals surface area contributed by atoms with Crippen molar-refractivity contribution in [1.82, 2.24) is 9.55 Å². The first-order valence-electron chi connectivity index (χ1n) is 7.01. The van der Waals surface area contributed by atoms with Crippen LogP contribution in [0.15, 0.2) is 18.2 Å². The molecule has 0 aliphatic carbocycles. The van der Waals surface area contributed by atoms with E-state index in [0.717, 1.165) is 24.2 Å². The molecule has 0 N–H and O–H groups in total. The number of para-hydroxylation sites is 1. The Hall–Kier alpha value is -1.02. The number of benzene rings is 1. The molecule has 0 saturated heterocycles. The van der Waals surface area contributed by atoms with Crippen molar-refractivity contribution in [3.8, 4) is 0 Å². The molecule has 0 aliphatic heterocycles. The molecule has 0 radical (unpaired) electrons. The van der Waals surface area contributed by atoms with Gasteiger partial charge in [0.15, 0.2) is 0 Å². The van der Waals surface area contributed by atoms with Crippen LogP contribution < -0.4 is 0 Å². The molecule has 1 unspecified atom stereocenters. The van der Waals surface area contributed by atoms with Crippen molar-refractivity contribution < 1.29 is 0 Å². The van der Waals surface area contributed by atoms with Gasteiger partial charge >= 0.3 is 0 Å². The van der Waals surface area contributed by atoms with Gasteiger partial charge in [-0.05, 0) is 45.7 Å². The lowest BCUT2D eigenvalue weighted by Gasteiger charge is -2.30. The van der Waals surface area contributed by atoms with E-state index in [1.54, 1.807) is 0 Å². The van der Waals surface area contributed by atoms with Gasteiger partial charge in [0, 0.05) is 5.54 Å². The Morgan fingerprint density at radius 1 is 1.37 bits per heavy atom. The summed E-state index contributed by atoms with van der Waals surface area (Å²) in [6, 6.07) is 6.28. The molecule has 1 atom stereocenters. The molecular weight excluding hydrogens is 256 g/mol. The molecule has 0 fully saturated rings. The molecule has 2 rings (SSSR count). The Labute approximate surface area is 120 Å². The summed E-state index contributed by atoms with van der Waals surface area (Å²) in [5.41, 5.74) is 3.57. The van der Waals surface area contributed by atoms with Crippen LogP contribution >= 0.6 is 11.6 Å². The van der Waals surface area contributed by atoms with Gasteiger partial charge < -0.3 is 4.57 Å². The Morgan fingerprint density at radius 3 is 2.63 bits per heavy atom. The minimum atomic E-state index is -0.0806. The molecule has 2 aromatic rings. The summed E-state index contributed by atoms with van der Waals surface area (Å²) >= 11 is 6.36. The number of aryl methyl sites for hydroxylation is 1. The van der Waals surface area contributed by atoms with Gasteiger partial charge in [-0.3, -0.25) is 0 Å². The van der Waals surface area contributed by atoms with Gasteiger partial charge in [-0.15, -0.1) is 11.6 Å². The SMILES string of the molecule is CCCC(C)(C)n1c(C(C)Cl)nc2cccc(C)c21. The maximum atomic E-state index is 6.36. The zero-order valence-corrected chi connectivity index (χ0v) is 13.3. The highest BCUT2D eigenvalue weighted by Crippen LogP contribution is 2.34. The van der Waals surface area contributed by atoms with E-state index in [9.17, 15) is 0 Å². The number of aromatic nitrogens is 2. The van der Waals surface area contributed by atoms with Crippen molar-refractivity contribution in [3.63, 3.8) is 0 Å². The molecule has 0 bridgehead atoms. The Morgan fingerprint density at radius 2 is 2.05 bits per heavy atom. The van der Waals surface area contributed by atoms with E-state index in [2.05, 4.69) is 50.5 Å². The number of halogens is 1. The molecule has 1 aromatic carbocycles. The quantitative estimate of drug-likeness (QED) is 0.705. The van der Waals surface area contributed by atoms with Crippen LogP contribution in [0.1, 0.15) is 57.3 Å². The van der Waals surface area contributed by atoms with E-state index in [0.29, 0.717) is 0 Å². The first kappa shape index (κ1) is 14.4. The molecule has 1 aromatic heterocycles. The highest BCUT2D eigenvalue weighted by molar-refractivity contribution is 6.20. The van der Waals surface area contributed by atoms with Crippen LogP contribution in [0.4, 0.5) is 0 Å². The van der Waals surface area contributed by atoms with E-state index in [4.69, 9.17) is 16.6 Å². The summed E-state index contributed by atoms with van der Waals surface area (Å²) in [6.07, 6.45) is 2.26. The average Bonchev–Trinajstić information content (AvgIpc) is 2.70. The molecule has 3 heteroatoms. The topological polar surface area (TPSA) is 17.8 Å². The van der Waals surface area contributed by atoms with Crippen molar-refractivity contribution in [2.75, 3.05) is 0 Å². The van der Waals surface area contributed by atoms with Gasteiger partial charge in [0.2, 0.25) is 0 Å². The number of rotatable bonds is 4. The Balaban J connectivity index is 2.78. The molecular formula is C16H23ClN2. The summed E-state index contributed by atoms with van der Waals surface area (Å²) in [4.78, 5) is 4.75. The number of hydrogen-bond acceptors (Lipinski definition) is 1. The number of hydrogen-bond donors (Lipinski definition) is 0. The van der Waals surface area contributed by atoms with Crippen LogP contribution in [-0.4, -0.2) is 9.55 Å². The predicted octanol–water partition coefficient (Wildman–Crippen LogP) is 5.18. The highest BCUT2D eigenvalue weighted by atomic mass is 35.5. The summed E-state index contributed by atoms with van der Waals surface area (Å²) < 4.78 is 2.35. The maximum absolute atomic E-state index is 6.36. The number of nitrogens with zero attached hydrogens (tertiary/aromatic N) is 2. The first-order chi connectivity index (χ1) is 8.88. The van der Waals surface area contributed by atoms with Gasteiger partial charge in [-0.1, -0.05) is 25.5 Å². The third-order valence-electron chi connectivity index (χ3n) is 3.73. The second-order valence-electron chi connectivity index (χ2n) is 5.93. The fraction of sp³-hybridized carbons (Fsp3) is 0.562. The second-order valence-corrected chi connectivity index (χ2v) is 6.58. The predicted molar refractivity (Wildman–Crippen MR) is 83.0 cm³/mol. The summed E-state index contributed by atoms with van der Waals surface area (Å²) in [5, 5.41) is -0.0806. The zero-order valence-electron chi connectivity index (χ0n) is 12.5. The smallest absolute Gasteiger partial charge is 0.128 e. The summed E-state index contributed by atoms with van der Waals surface area (Å²) in [6.45, 7) is 10.9. The first-order valence-corrected chi connectivity index (χ1v) is 7.44. The summed E-state index contributed by atoms with van der Waals surface area (Å²) in [7, 11) is 0. The normalized spacial score (nSPS) is 14.0. The van der Waals surface area contributed by atoms with Gasteiger partial charge in [-0.25, -0.2) is 4.98 Å². The van der Waals surface area contributed by atoms with Crippen LogP contribution in [0, 0.1) is 6.92 Å². The molecule has 1 heterocycles. The van der Waals surface area contributed by atoms with Crippen LogP contribution in [0.2, 0.25) is 0 Å². The fourth-order valence-electron chi connectivity index (χ4n) is 2.92. The van der Waals surface area contributed by atoms with Crippen LogP contribution in [0.5, 0.6) is 0 Å². The number of alkyl halides is 1. The average molecular weight is 279 g/mol. The lowest BCUT2D eigenvalue weighted by atomic mass is 9.97. The molecule has 0 aliphatic rings. The van der Waals surface area contributed by atoms with Gasteiger partial charge in [0.25, 0.3) is 0 Å². The monoisotopic (exact) mass is 278 g/mol.